The van der Waals surface area contributed by atoms with Crippen molar-refractivity contribution in [2.24, 2.45) is 17.8 Å². The van der Waals surface area contributed by atoms with E-state index in [1.165, 1.54) is 19.9 Å². The second kappa shape index (κ2) is 30.8. The molecule has 0 spiro atoms. The maximum atomic E-state index is 12.5. The van der Waals surface area contributed by atoms with Crippen LogP contribution < -0.4 is 31.9 Å². The average Bonchev–Trinajstić information content (AvgIpc) is 3.05. The molecule has 0 saturated carbocycles. The summed E-state index contributed by atoms with van der Waals surface area (Å²) in [6.07, 6.45) is 10.6. The third kappa shape index (κ3) is 36.2. The van der Waals surface area contributed by atoms with Crippen LogP contribution in [-0.4, -0.2) is 85.7 Å². The number of amides is 6. The van der Waals surface area contributed by atoms with Crippen LogP contribution in [0.5, 0.6) is 0 Å². The third-order valence-electron chi connectivity index (χ3n) is 8.11. The Balaban J connectivity index is 0. The van der Waals surface area contributed by atoms with E-state index >= 15 is 0 Å². The molecule has 2 unspecified atom stereocenters. The molecule has 0 aliphatic heterocycles. The van der Waals surface area contributed by atoms with Crippen LogP contribution in [0.15, 0.2) is 0 Å². The van der Waals surface area contributed by atoms with Crippen molar-refractivity contribution in [3.05, 3.63) is 0 Å². The molecule has 0 fully saturated rings. The summed E-state index contributed by atoms with van der Waals surface area (Å²) in [4.78, 5) is 48.4. The molecule has 13 nitrogen and oxygen atoms in total. The summed E-state index contributed by atoms with van der Waals surface area (Å²) >= 11 is 0. The van der Waals surface area contributed by atoms with E-state index in [1.54, 1.807) is 0 Å². The van der Waals surface area contributed by atoms with Gasteiger partial charge in [0.1, 0.15) is 18.6 Å². The molecule has 0 bridgehead atoms. The van der Waals surface area contributed by atoms with Crippen molar-refractivity contribution in [3.63, 3.8) is 0 Å². The highest BCUT2D eigenvalue weighted by atomic mass is 28.4. The minimum Gasteiger partial charge on any atom is -0.451 e. The van der Waals surface area contributed by atoms with E-state index < -0.39 is 35.0 Å². The number of nitrogens with one attached hydrogen (secondary N) is 6. The molecule has 0 rings (SSSR count). The molecule has 0 aromatic carbocycles. The normalized spacial score (nSPS) is 12.7. The van der Waals surface area contributed by atoms with Gasteiger partial charge in [0, 0.05) is 26.2 Å². The summed E-state index contributed by atoms with van der Waals surface area (Å²) in [6.45, 7) is 26.6. The Morgan fingerprint density at radius 3 is 1.53 bits per heavy atom. The molecule has 0 aliphatic carbocycles. The van der Waals surface area contributed by atoms with Crippen molar-refractivity contribution in [1.82, 2.24) is 31.9 Å². The van der Waals surface area contributed by atoms with E-state index in [1.807, 2.05) is 33.1 Å². The molecule has 0 aromatic rings. The third-order valence-corrected chi connectivity index (χ3v) is 14.2. The SMILES string of the molecule is CC(C)CCC(C)C.CCCCCC(NC(=O)NC)NC(=O)OC[Si](C)(C)O[Si](C)(C)COC(=O)NCCCCCCNC(=O)NC(C)CCC(C)C. The predicted molar refractivity (Wildman–Crippen MR) is 223 cm³/mol. The van der Waals surface area contributed by atoms with Gasteiger partial charge in [0.15, 0.2) is 0 Å². The summed E-state index contributed by atoms with van der Waals surface area (Å²) in [7, 11) is -3.30. The van der Waals surface area contributed by atoms with E-state index in [0.29, 0.717) is 25.4 Å². The van der Waals surface area contributed by atoms with E-state index in [9.17, 15) is 19.2 Å². The second-order valence-electron chi connectivity index (χ2n) is 16.7. The van der Waals surface area contributed by atoms with Gasteiger partial charge in [-0.25, -0.2) is 19.2 Å². The number of hydrogen-bond acceptors (Lipinski definition) is 7. The molecular formula is C38H82N6O7Si2. The molecule has 53 heavy (non-hydrogen) atoms. The summed E-state index contributed by atoms with van der Waals surface area (Å²) in [5, 5.41) is 16.6. The standard InChI is InChI=1S/C30H64N6O7Si2.C8H18/c1-10-11-14-17-26(35-27(37)31-5)36-30(40)42-23-45(8,9)43-44(6,7)22-41-29(39)33-21-16-13-12-15-20-32-28(38)34-25(4)19-18-24(2)3;1-7(2)5-6-8(3)4/h24-26H,10-23H2,1-9H3,(H,33,39)(H,36,40)(H2,31,35,37)(H2,32,34,38);7-8H,5-6H2,1-4H3. The molecule has 6 amide bonds. The molecule has 6 N–H and O–H groups in total. The smallest absolute Gasteiger partial charge is 0.408 e. The minimum atomic E-state index is -2.43. The van der Waals surface area contributed by atoms with E-state index in [0.717, 1.165) is 69.6 Å². The lowest BCUT2D eigenvalue weighted by atomic mass is 10.0. The Morgan fingerprint density at radius 2 is 1.04 bits per heavy atom. The van der Waals surface area contributed by atoms with E-state index in [-0.39, 0.29) is 30.6 Å². The molecule has 0 aliphatic rings. The highest BCUT2D eigenvalue weighted by molar-refractivity contribution is 6.84. The fourth-order valence-corrected chi connectivity index (χ4v) is 12.5. The predicted octanol–water partition coefficient (Wildman–Crippen LogP) is 8.54. The van der Waals surface area contributed by atoms with Gasteiger partial charge < -0.3 is 45.5 Å². The second-order valence-corrected chi connectivity index (χ2v) is 25.1. The van der Waals surface area contributed by atoms with Gasteiger partial charge in [-0.2, -0.15) is 0 Å². The first-order valence-electron chi connectivity index (χ1n) is 20.3. The first kappa shape index (κ1) is 52.6. The van der Waals surface area contributed by atoms with Gasteiger partial charge in [0.05, 0.1) is 0 Å². The zero-order valence-corrected chi connectivity index (χ0v) is 38.1. The monoisotopic (exact) mass is 791 g/mol. The van der Waals surface area contributed by atoms with Gasteiger partial charge in [-0.05, 0) is 89.4 Å². The van der Waals surface area contributed by atoms with Crippen molar-refractivity contribution >= 4 is 40.9 Å². The van der Waals surface area contributed by atoms with Gasteiger partial charge in [-0.15, -0.1) is 0 Å². The van der Waals surface area contributed by atoms with Crippen molar-refractivity contribution < 1.29 is 32.8 Å². The fourth-order valence-electron chi connectivity index (χ4n) is 5.12. The average molecular weight is 791 g/mol. The van der Waals surface area contributed by atoms with Crippen molar-refractivity contribution in [3.8, 4) is 0 Å². The topological polar surface area (TPSA) is 168 Å². The van der Waals surface area contributed by atoms with Gasteiger partial charge >= 0.3 is 24.2 Å². The summed E-state index contributed by atoms with van der Waals surface area (Å²) in [6, 6.07) is -0.328. The van der Waals surface area contributed by atoms with Crippen LogP contribution >= 0.6 is 0 Å². The van der Waals surface area contributed by atoms with Crippen LogP contribution in [0, 0.1) is 17.8 Å². The molecule has 0 radical (unpaired) electrons. The molecule has 314 valence electrons. The van der Waals surface area contributed by atoms with Crippen molar-refractivity contribution in [2.75, 3.05) is 32.6 Å². The van der Waals surface area contributed by atoms with E-state index in [2.05, 4.69) is 80.4 Å². The van der Waals surface area contributed by atoms with Gasteiger partial charge in [0.25, 0.3) is 0 Å². The Bertz CT molecular complexity index is 979. The quantitative estimate of drug-likeness (QED) is 0.0290. The number of ether oxygens (including phenoxy) is 2. The largest absolute Gasteiger partial charge is 0.451 e. The molecule has 2 atom stereocenters. The number of rotatable bonds is 26. The lowest BCUT2D eigenvalue weighted by Gasteiger charge is -2.33. The van der Waals surface area contributed by atoms with Crippen LogP contribution in [0.2, 0.25) is 26.2 Å². The Labute approximate surface area is 326 Å². The number of urea groups is 2. The number of alkyl carbamates (subject to hydrolysis) is 2. The number of hydrogen-bond donors (Lipinski definition) is 6. The highest BCUT2D eigenvalue weighted by Gasteiger charge is 2.36. The van der Waals surface area contributed by atoms with E-state index in [4.69, 9.17) is 13.6 Å². The van der Waals surface area contributed by atoms with Gasteiger partial charge in [-0.1, -0.05) is 87.0 Å². The summed E-state index contributed by atoms with van der Waals surface area (Å²) < 4.78 is 17.3. The maximum Gasteiger partial charge on any atom is 0.408 e. The minimum absolute atomic E-state index is 0.117. The lowest BCUT2D eigenvalue weighted by Crippen LogP contribution is -2.53. The van der Waals surface area contributed by atoms with Crippen LogP contribution in [0.3, 0.4) is 0 Å². The fraction of sp³-hybridized carbons (Fsp3) is 0.895. The molecule has 0 saturated heterocycles. The lowest BCUT2D eigenvalue weighted by molar-refractivity contribution is 0.150. The summed E-state index contributed by atoms with van der Waals surface area (Å²) in [5.74, 6) is 2.40. The number of carbonyl (C=O) groups excluding carboxylic acids is 4. The van der Waals surface area contributed by atoms with Crippen LogP contribution in [0.1, 0.15) is 132 Å². The van der Waals surface area contributed by atoms with Gasteiger partial charge in [-0.3, -0.25) is 0 Å². The van der Waals surface area contributed by atoms with Gasteiger partial charge in [0.2, 0.25) is 16.6 Å². The highest BCUT2D eigenvalue weighted by Crippen LogP contribution is 2.16. The Hall–Kier alpha value is -2.53. The first-order valence-corrected chi connectivity index (χ1v) is 26.5. The maximum absolute atomic E-state index is 12.5. The summed E-state index contributed by atoms with van der Waals surface area (Å²) in [5.41, 5.74) is 0. The molecule has 0 heterocycles. The Kier molecular flexibility index (Phi) is 30.5. The van der Waals surface area contributed by atoms with Crippen molar-refractivity contribution in [2.45, 2.75) is 171 Å². The zero-order valence-electron chi connectivity index (χ0n) is 36.1. The van der Waals surface area contributed by atoms with Crippen LogP contribution in [0.25, 0.3) is 0 Å². The van der Waals surface area contributed by atoms with Crippen molar-refractivity contribution in [1.29, 1.82) is 0 Å². The molecule has 0 aromatic heterocycles. The zero-order chi connectivity index (χ0) is 40.9. The first-order chi connectivity index (χ1) is 24.7. The van der Waals surface area contributed by atoms with Crippen LogP contribution in [0.4, 0.5) is 19.2 Å². The molecule has 15 heteroatoms. The Morgan fingerprint density at radius 1 is 0.547 bits per heavy atom. The number of carbonyl (C=O) groups is 4. The molecular weight excluding hydrogens is 709 g/mol. The van der Waals surface area contributed by atoms with Crippen LogP contribution in [-0.2, 0) is 13.6 Å². The number of unbranched alkanes of at least 4 members (excludes halogenated alkanes) is 5.